The minimum Gasteiger partial charge on any atom is -0.618 e. The van der Waals surface area contributed by atoms with Crippen LogP contribution < -0.4 is 4.73 Å². The Labute approximate surface area is 139 Å². The number of hydrogen-bond donors (Lipinski definition) is 2. The van der Waals surface area contributed by atoms with E-state index >= 15 is 0 Å². The van der Waals surface area contributed by atoms with Crippen LogP contribution in [0.1, 0.15) is 0 Å². The van der Waals surface area contributed by atoms with E-state index in [-0.39, 0.29) is 10.7 Å². The van der Waals surface area contributed by atoms with Crippen LogP contribution in [0.25, 0.3) is 16.9 Å². The van der Waals surface area contributed by atoms with Crippen LogP contribution in [-0.2, 0) is 0 Å². The highest BCUT2D eigenvalue weighted by Crippen LogP contribution is 2.39. The Morgan fingerprint density at radius 3 is 2.71 bits per heavy atom. The first kappa shape index (κ1) is 15.6. The van der Waals surface area contributed by atoms with Gasteiger partial charge in [-0.05, 0) is 17.7 Å². The molecule has 10 heteroatoms. The molecule has 122 valence electrons. The Morgan fingerprint density at radius 2 is 2.04 bits per heavy atom. The molecule has 2 N–H and O–H groups in total. The Morgan fingerprint density at radius 1 is 1.29 bits per heavy atom. The largest absolute Gasteiger partial charge is 0.618 e. The zero-order valence-corrected chi connectivity index (χ0v) is 12.6. The molecule has 2 heterocycles. The predicted molar refractivity (Wildman–Crippen MR) is 83.0 cm³/mol. The molecular weight excluding hydrogens is 340 g/mol. The number of phenolic OH excluding ortho intramolecular Hbond substituents is 2. The highest BCUT2D eigenvalue weighted by Gasteiger charge is 2.21. The van der Waals surface area contributed by atoms with E-state index in [1.807, 2.05) is 0 Å². The van der Waals surface area contributed by atoms with Gasteiger partial charge < -0.3 is 15.4 Å². The molecule has 0 atom stereocenters. The third kappa shape index (κ3) is 2.57. The molecule has 3 aromatic rings. The molecular formula is C14H9ClN4O5. The van der Waals surface area contributed by atoms with E-state index in [9.17, 15) is 25.5 Å². The van der Waals surface area contributed by atoms with Crippen LogP contribution in [0.15, 0.2) is 43.0 Å². The second kappa shape index (κ2) is 5.70. The summed E-state index contributed by atoms with van der Waals surface area (Å²) in [5.41, 5.74) is 0.508. The van der Waals surface area contributed by atoms with Crippen molar-refractivity contribution in [3.63, 3.8) is 0 Å². The number of hydrogen-bond acceptors (Lipinski definition) is 6. The molecule has 0 bridgehead atoms. The Hall–Kier alpha value is -3.33. The van der Waals surface area contributed by atoms with Gasteiger partial charge in [0.05, 0.1) is 28.8 Å². The first-order valence-electron chi connectivity index (χ1n) is 6.50. The van der Waals surface area contributed by atoms with Gasteiger partial charge in [-0.25, -0.2) is 4.98 Å². The maximum Gasteiger partial charge on any atom is 0.315 e. The molecule has 0 aliphatic rings. The van der Waals surface area contributed by atoms with E-state index in [0.717, 1.165) is 6.07 Å². The first-order chi connectivity index (χ1) is 11.4. The van der Waals surface area contributed by atoms with Gasteiger partial charge in [0.1, 0.15) is 0 Å². The molecule has 0 aliphatic carbocycles. The number of phenols is 2. The third-order valence-electron chi connectivity index (χ3n) is 3.34. The minimum absolute atomic E-state index is 0.0633. The summed E-state index contributed by atoms with van der Waals surface area (Å²) in [5, 5.41) is 41.5. The van der Waals surface area contributed by atoms with Crippen molar-refractivity contribution in [2.75, 3.05) is 0 Å². The van der Waals surface area contributed by atoms with Crippen molar-refractivity contribution in [1.82, 2.24) is 9.55 Å². The average molecular weight is 349 g/mol. The molecule has 0 radical (unpaired) electrons. The zero-order chi connectivity index (χ0) is 17.4. The van der Waals surface area contributed by atoms with Gasteiger partial charge in [-0.1, -0.05) is 0 Å². The molecule has 2 aromatic heterocycles. The molecule has 1 aromatic carbocycles. The SMILES string of the molecule is O=[N+]([O-])c1cc(-c2cncn2-c2cc[n+]([O-])c(Cl)c2)cc(O)c1O. The summed E-state index contributed by atoms with van der Waals surface area (Å²) in [6.45, 7) is 0. The summed E-state index contributed by atoms with van der Waals surface area (Å²) < 4.78 is 2.00. The Kier molecular flexibility index (Phi) is 3.70. The van der Waals surface area contributed by atoms with Crippen LogP contribution in [0.4, 0.5) is 5.69 Å². The molecule has 0 spiro atoms. The fourth-order valence-corrected chi connectivity index (χ4v) is 2.37. The van der Waals surface area contributed by atoms with E-state index < -0.39 is 22.1 Å². The molecule has 0 unspecified atom stereocenters. The molecule has 0 fully saturated rings. The zero-order valence-electron chi connectivity index (χ0n) is 11.8. The van der Waals surface area contributed by atoms with E-state index in [0.29, 0.717) is 16.1 Å². The van der Waals surface area contributed by atoms with Gasteiger partial charge >= 0.3 is 5.69 Å². The normalized spacial score (nSPS) is 10.7. The topological polar surface area (TPSA) is 128 Å². The number of nitrogens with zero attached hydrogens (tertiary/aromatic N) is 4. The van der Waals surface area contributed by atoms with Crippen LogP contribution in [-0.4, -0.2) is 24.7 Å². The van der Waals surface area contributed by atoms with Crippen molar-refractivity contribution >= 4 is 17.3 Å². The van der Waals surface area contributed by atoms with Gasteiger partial charge in [-0.15, -0.1) is 0 Å². The second-order valence-electron chi connectivity index (χ2n) is 4.80. The van der Waals surface area contributed by atoms with Gasteiger partial charge in [0, 0.05) is 23.8 Å². The number of aromatic hydroxyl groups is 2. The lowest BCUT2D eigenvalue weighted by Gasteiger charge is -2.09. The van der Waals surface area contributed by atoms with Gasteiger partial charge in [-0.2, -0.15) is 4.73 Å². The van der Waals surface area contributed by atoms with Crippen molar-refractivity contribution in [2.24, 2.45) is 0 Å². The van der Waals surface area contributed by atoms with Crippen molar-refractivity contribution in [2.45, 2.75) is 0 Å². The molecule has 0 saturated carbocycles. The number of rotatable bonds is 3. The van der Waals surface area contributed by atoms with Gasteiger partial charge in [0.15, 0.2) is 11.9 Å². The number of aromatic nitrogens is 3. The Bertz CT molecular complexity index is 956. The summed E-state index contributed by atoms with van der Waals surface area (Å²) in [4.78, 5) is 14.2. The molecule has 9 nitrogen and oxygen atoms in total. The quantitative estimate of drug-likeness (QED) is 0.186. The maximum absolute atomic E-state index is 11.3. The van der Waals surface area contributed by atoms with Crippen LogP contribution in [0, 0.1) is 15.3 Å². The van der Waals surface area contributed by atoms with Gasteiger partial charge in [0.2, 0.25) is 5.75 Å². The molecule has 0 amide bonds. The fourth-order valence-electron chi connectivity index (χ4n) is 2.20. The summed E-state index contributed by atoms with van der Waals surface area (Å²) in [6, 6.07) is 5.17. The molecule has 0 aliphatic heterocycles. The van der Waals surface area contributed by atoms with Crippen LogP contribution in [0.2, 0.25) is 5.15 Å². The number of imidazole rings is 1. The second-order valence-corrected chi connectivity index (χ2v) is 5.19. The smallest absolute Gasteiger partial charge is 0.315 e. The minimum atomic E-state index is -0.815. The monoisotopic (exact) mass is 348 g/mol. The number of halogens is 1. The number of nitro groups is 1. The average Bonchev–Trinajstić information content (AvgIpc) is 3.01. The highest BCUT2D eigenvalue weighted by atomic mass is 35.5. The van der Waals surface area contributed by atoms with Crippen molar-refractivity contribution in [1.29, 1.82) is 0 Å². The van der Waals surface area contributed by atoms with Gasteiger partial charge in [-0.3, -0.25) is 14.7 Å². The fraction of sp³-hybridized carbons (Fsp3) is 0. The van der Waals surface area contributed by atoms with Crippen molar-refractivity contribution < 1.29 is 19.9 Å². The Balaban J connectivity index is 2.17. The van der Waals surface area contributed by atoms with Gasteiger partial charge in [0.25, 0.3) is 5.15 Å². The lowest BCUT2D eigenvalue weighted by Crippen LogP contribution is -2.26. The van der Waals surface area contributed by atoms with Crippen LogP contribution >= 0.6 is 11.6 Å². The van der Waals surface area contributed by atoms with E-state index in [1.165, 1.54) is 41.5 Å². The van der Waals surface area contributed by atoms with Crippen molar-refractivity contribution in [3.8, 4) is 28.4 Å². The summed E-state index contributed by atoms with van der Waals surface area (Å²) in [6.07, 6.45) is 4.05. The number of pyridine rings is 1. The molecule has 3 rings (SSSR count). The highest BCUT2D eigenvalue weighted by molar-refractivity contribution is 6.28. The summed E-state index contributed by atoms with van der Waals surface area (Å²) in [7, 11) is 0. The van der Waals surface area contributed by atoms with E-state index in [1.54, 1.807) is 0 Å². The predicted octanol–water partition coefficient (Wildman–Crippen LogP) is 2.15. The number of benzene rings is 1. The van der Waals surface area contributed by atoms with Crippen molar-refractivity contribution in [3.05, 3.63) is 63.5 Å². The van der Waals surface area contributed by atoms with E-state index in [4.69, 9.17) is 11.6 Å². The maximum atomic E-state index is 11.3. The standard InChI is InChI=1S/C14H9ClN4O5/c15-13-5-9(1-2-18(13)22)17-7-16-6-11(17)8-3-10(19(23)24)14(21)12(20)4-8/h1-7,20-21H. The van der Waals surface area contributed by atoms with Crippen LogP contribution in [0.3, 0.4) is 0 Å². The van der Waals surface area contributed by atoms with E-state index in [2.05, 4.69) is 4.98 Å². The molecule has 24 heavy (non-hydrogen) atoms. The van der Waals surface area contributed by atoms with Crippen LogP contribution in [0.5, 0.6) is 11.5 Å². The summed E-state index contributed by atoms with van der Waals surface area (Å²) in [5.74, 6) is -1.44. The lowest BCUT2D eigenvalue weighted by atomic mass is 10.1. The third-order valence-corrected chi connectivity index (χ3v) is 3.61. The molecule has 0 saturated heterocycles. The number of nitro benzene ring substituents is 1. The summed E-state index contributed by atoms with van der Waals surface area (Å²) >= 11 is 5.80. The first-order valence-corrected chi connectivity index (χ1v) is 6.88. The lowest BCUT2D eigenvalue weighted by molar-refractivity contribution is -0.603.